The van der Waals surface area contributed by atoms with Gasteiger partial charge in [0.2, 0.25) is 0 Å². The lowest BCUT2D eigenvalue weighted by atomic mass is 10.1. The van der Waals surface area contributed by atoms with Gasteiger partial charge in [0.05, 0.1) is 17.9 Å². The molecule has 0 bridgehead atoms. The Kier molecular flexibility index (Phi) is 4.93. The van der Waals surface area contributed by atoms with Crippen LogP contribution in [0.3, 0.4) is 0 Å². The number of para-hydroxylation sites is 1. The van der Waals surface area contributed by atoms with Crippen molar-refractivity contribution in [1.29, 1.82) is 0 Å². The fraction of sp³-hybridized carbons (Fsp3) is 0.294. The standard InChI is InChI=1S/C17H19NO3/c1-3-11-18-15(10-9-13(12-19)17(18)20)14-7-5-6-8-16(14)21-4-2/h5-10,12H,3-4,11H2,1-2H3. The van der Waals surface area contributed by atoms with E-state index in [9.17, 15) is 9.59 Å². The molecular weight excluding hydrogens is 266 g/mol. The molecule has 4 heteroatoms. The molecule has 0 radical (unpaired) electrons. The molecule has 0 spiro atoms. The van der Waals surface area contributed by atoms with Crippen LogP contribution in [0.5, 0.6) is 5.75 Å². The van der Waals surface area contributed by atoms with Gasteiger partial charge in [0.1, 0.15) is 5.75 Å². The lowest BCUT2D eigenvalue weighted by molar-refractivity contribution is 0.112. The van der Waals surface area contributed by atoms with E-state index in [-0.39, 0.29) is 11.1 Å². The molecule has 21 heavy (non-hydrogen) atoms. The van der Waals surface area contributed by atoms with Gasteiger partial charge in [-0.3, -0.25) is 9.59 Å². The first-order valence-corrected chi connectivity index (χ1v) is 7.14. The van der Waals surface area contributed by atoms with Crippen LogP contribution in [0.2, 0.25) is 0 Å². The largest absolute Gasteiger partial charge is 0.493 e. The first-order chi connectivity index (χ1) is 10.2. The van der Waals surface area contributed by atoms with E-state index in [0.717, 1.165) is 23.4 Å². The van der Waals surface area contributed by atoms with Gasteiger partial charge >= 0.3 is 0 Å². The quantitative estimate of drug-likeness (QED) is 0.766. The number of hydrogen-bond acceptors (Lipinski definition) is 3. The maximum absolute atomic E-state index is 12.3. The highest BCUT2D eigenvalue weighted by Crippen LogP contribution is 2.29. The number of hydrogen-bond donors (Lipinski definition) is 0. The molecule has 1 heterocycles. The van der Waals surface area contributed by atoms with Gasteiger partial charge in [-0.05, 0) is 37.6 Å². The molecule has 0 aliphatic carbocycles. The Bertz CT molecular complexity index is 689. The molecule has 1 aromatic carbocycles. The zero-order valence-corrected chi connectivity index (χ0v) is 12.3. The highest BCUT2D eigenvalue weighted by atomic mass is 16.5. The highest BCUT2D eigenvalue weighted by molar-refractivity contribution is 5.76. The van der Waals surface area contributed by atoms with Crippen molar-refractivity contribution in [2.24, 2.45) is 0 Å². The second-order valence-electron chi connectivity index (χ2n) is 4.68. The summed E-state index contributed by atoms with van der Waals surface area (Å²) in [5.41, 5.74) is 1.57. The van der Waals surface area contributed by atoms with Gasteiger partial charge in [0.25, 0.3) is 5.56 Å². The topological polar surface area (TPSA) is 48.3 Å². The average molecular weight is 285 g/mol. The second kappa shape index (κ2) is 6.88. The van der Waals surface area contributed by atoms with E-state index in [2.05, 4.69) is 0 Å². The maximum Gasteiger partial charge on any atom is 0.261 e. The number of benzene rings is 1. The van der Waals surface area contributed by atoms with Gasteiger partial charge < -0.3 is 9.30 Å². The van der Waals surface area contributed by atoms with Crippen molar-refractivity contribution >= 4 is 6.29 Å². The molecule has 4 nitrogen and oxygen atoms in total. The third-order valence-electron chi connectivity index (χ3n) is 3.24. The van der Waals surface area contributed by atoms with Gasteiger partial charge in [0.15, 0.2) is 6.29 Å². The van der Waals surface area contributed by atoms with Crippen molar-refractivity contribution < 1.29 is 9.53 Å². The molecule has 110 valence electrons. The molecular formula is C17H19NO3. The third kappa shape index (κ3) is 3.05. The molecule has 2 aromatic rings. The fourth-order valence-corrected chi connectivity index (χ4v) is 2.33. The number of carbonyl (C=O) groups is 1. The molecule has 0 N–H and O–H groups in total. The summed E-state index contributed by atoms with van der Waals surface area (Å²) in [6.07, 6.45) is 1.42. The van der Waals surface area contributed by atoms with Crippen molar-refractivity contribution in [3.8, 4) is 17.0 Å². The predicted molar refractivity (Wildman–Crippen MR) is 83.0 cm³/mol. The number of aromatic nitrogens is 1. The van der Waals surface area contributed by atoms with E-state index in [1.807, 2.05) is 38.1 Å². The Hall–Kier alpha value is -2.36. The minimum atomic E-state index is -0.254. The van der Waals surface area contributed by atoms with E-state index < -0.39 is 0 Å². The SMILES string of the molecule is CCCn1c(-c2ccccc2OCC)ccc(C=O)c1=O. The van der Waals surface area contributed by atoms with Crippen LogP contribution in [0.4, 0.5) is 0 Å². The zero-order chi connectivity index (χ0) is 15.2. The van der Waals surface area contributed by atoms with Crippen LogP contribution in [-0.4, -0.2) is 17.5 Å². The van der Waals surface area contributed by atoms with Gasteiger partial charge in [-0.2, -0.15) is 0 Å². The van der Waals surface area contributed by atoms with Crippen LogP contribution < -0.4 is 10.3 Å². The van der Waals surface area contributed by atoms with E-state index in [1.165, 1.54) is 0 Å². The molecule has 0 atom stereocenters. The summed E-state index contributed by atoms with van der Waals surface area (Å²) in [4.78, 5) is 23.3. The first-order valence-electron chi connectivity index (χ1n) is 7.14. The van der Waals surface area contributed by atoms with Crippen molar-refractivity contribution in [2.45, 2.75) is 26.8 Å². The molecule has 1 aromatic heterocycles. The smallest absolute Gasteiger partial charge is 0.261 e. The summed E-state index contributed by atoms with van der Waals surface area (Å²) in [5.74, 6) is 0.739. The van der Waals surface area contributed by atoms with Crippen molar-refractivity contribution in [3.05, 3.63) is 52.3 Å². The van der Waals surface area contributed by atoms with E-state index >= 15 is 0 Å². The molecule has 0 saturated heterocycles. The Morgan fingerprint density at radius 1 is 1.14 bits per heavy atom. The van der Waals surface area contributed by atoms with Crippen LogP contribution in [0.1, 0.15) is 30.6 Å². The van der Waals surface area contributed by atoms with Crippen molar-refractivity contribution in [2.75, 3.05) is 6.61 Å². The normalized spacial score (nSPS) is 10.4. The van der Waals surface area contributed by atoms with Crippen LogP contribution in [-0.2, 0) is 6.54 Å². The minimum Gasteiger partial charge on any atom is -0.493 e. The Morgan fingerprint density at radius 3 is 2.57 bits per heavy atom. The number of rotatable bonds is 6. The minimum absolute atomic E-state index is 0.182. The first kappa shape index (κ1) is 15.0. The predicted octanol–water partition coefficient (Wildman–Crippen LogP) is 3.14. The molecule has 0 saturated carbocycles. The van der Waals surface area contributed by atoms with Gasteiger partial charge in [-0.1, -0.05) is 19.1 Å². The van der Waals surface area contributed by atoms with Gasteiger partial charge in [-0.25, -0.2) is 0 Å². The lowest BCUT2D eigenvalue weighted by Gasteiger charge is -2.16. The summed E-state index contributed by atoms with van der Waals surface area (Å²) in [6, 6.07) is 11.0. The van der Waals surface area contributed by atoms with E-state index in [0.29, 0.717) is 19.4 Å². The van der Waals surface area contributed by atoms with E-state index in [1.54, 1.807) is 16.7 Å². The molecule has 0 aliphatic rings. The van der Waals surface area contributed by atoms with Gasteiger partial charge in [0, 0.05) is 12.1 Å². The van der Waals surface area contributed by atoms with Crippen LogP contribution in [0.15, 0.2) is 41.2 Å². The molecule has 2 rings (SSSR count). The molecule has 0 unspecified atom stereocenters. The summed E-state index contributed by atoms with van der Waals surface area (Å²) in [6.45, 7) is 5.04. The number of pyridine rings is 1. The maximum atomic E-state index is 12.3. The monoisotopic (exact) mass is 285 g/mol. The molecule has 0 amide bonds. The highest BCUT2D eigenvalue weighted by Gasteiger charge is 2.13. The van der Waals surface area contributed by atoms with Gasteiger partial charge in [-0.15, -0.1) is 0 Å². The van der Waals surface area contributed by atoms with Crippen molar-refractivity contribution in [1.82, 2.24) is 4.57 Å². The van der Waals surface area contributed by atoms with Crippen LogP contribution in [0, 0.1) is 0 Å². The number of nitrogens with zero attached hydrogens (tertiary/aromatic N) is 1. The van der Waals surface area contributed by atoms with Crippen LogP contribution in [0.25, 0.3) is 11.3 Å². The number of aldehydes is 1. The summed E-state index contributed by atoms with van der Waals surface area (Å²) >= 11 is 0. The summed E-state index contributed by atoms with van der Waals surface area (Å²) in [5, 5.41) is 0. The average Bonchev–Trinajstić information content (AvgIpc) is 2.50. The Balaban J connectivity index is 2.66. The number of ether oxygens (including phenoxy) is 1. The van der Waals surface area contributed by atoms with Crippen LogP contribution >= 0.6 is 0 Å². The number of carbonyl (C=O) groups excluding carboxylic acids is 1. The lowest BCUT2D eigenvalue weighted by Crippen LogP contribution is -2.25. The molecule has 0 aliphatic heterocycles. The third-order valence-corrected chi connectivity index (χ3v) is 3.24. The van der Waals surface area contributed by atoms with E-state index in [4.69, 9.17) is 4.74 Å². The molecule has 0 fully saturated rings. The fourth-order valence-electron chi connectivity index (χ4n) is 2.33. The summed E-state index contributed by atoms with van der Waals surface area (Å²) in [7, 11) is 0. The Morgan fingerprint density at radius 2 is 1.90 bits per heavy atom. The summed E-state index contributed by atoms with van der Waals surface area (Å²) < 4.78 is 7.28. The second-order valence-corrected chi connectivity index (χ2v) is 4.68. The van der Waals surface area contributed by atoms with Crippen molar-refractivity contribution in [3.63, 3.8) is 0 Å². The zero-order valence-electron chi connectivity index (χ0n) is 12.3. The Labute approximate surface area is 124 Å².